The first-order valence-corrected chi connectivity index (χ1v) is 8.64. The fraction of sp³-hybridized carbons (Fsp3) is 0.125. The van der Waals surface area contributed by atoms with E-state index >= 15 is 0 Å². The summed E-state index contributed by atoms with van der Waals surface area (Å²) in [6, 6.07) is 9.76. The first-order chi connectivity index (χ1) is 11.3. The Bertz CT molecular complexity index is 812. The molecule has 0 saturated carbocycles. The molecule has 0 radical (unpaired) electrons. The molecule has 0 fully saturated rings. The van der Waals surface area contributed by atoms with Gasteiger partial charge in [-0.2, -0.15) is 0 Å². The number of carbonyl (C=O) groups is 2. The molecule has 0 aromatic heterocycles. The lowest BCUT2D eigenvalue weighted by Gasteiger charge is -2.07. The highest BCUT2D eigenvalue weighted by Crippen LogP contribution is 2.19. The van der Waals surface area contributed by atoms with Crippen LogP contribution >= 0.6 is 11.6 Å². The minimum Gasteiger partial charge on any atom is -0.478 e. The molecule has 1 amide bonds. The van der Waals surface area contributed by atoms with Gasteiger partial charge in [-0.3, -0.25) is 9.00 Å². The summed E-state index contributed by atoms with van der Waals surface area (Å²) >= 11 is 5.62. The highest BCUT2D eigenvalue weighted by molar-refractivity contribution is 7.84. The Morgan fingerprint density at radius 1 is 1.21 bits per heavy atom. The molecule has 126 valence electrons. The zero-order chi connectivity index (χ0) is 17.7. The summed E-state index contributed by atoms with van der Waals surface area (Å²) in [5.41, 5.74) is 0.956. The predicted molar refractivity (Wildman–Crippen MR) is 90.2 cm³/mol. The Hall–Kier alpha value is -2.25. The molecule has 0 aliphatic rings. The van der Waals surface area contributed by atoms with Crippen molar-refractivity contribution < 1.29 is 23.3 Å². The monoisotopic (exact) mass is 369 g/mol. The van der Waals surface area contributed by atoms with Gasteiger partial charge in [0.25, 0.3) is 0 Å². The number of rotatable bonds is 6. The van der Waals surface area contributed by atoms with E-state index in [0.29, 0.717) is 11.3 Å². The Morgan fingerprint density at radius 3 is 2.62 bits per heavy atom. The topological polar surface area (TPSA) is 83.5 Å². The smallest absolute Gasteiger partial charge is 0.335 e. The fourth-order valence-electron chi connectivity index (χ4n) is 1.95. The SMILES string of the molecule is O=C(CS(=O)Cc1cccc(C(=O)O)c1)Nc1ccc(F)c(Cl)c1. The Balaban J connectivity index is 1.94. The summed E-state index contributed by atoms with van der Waals surface area (Å²) in [5, 5.41) is 11.3. The number of anilines is 1. The van der Waals surface area contributed by atoms with Crippen LogP contribution in [0.3, 0.4) is 0 Å². The normalized spacial score (nSPS) is 11.8. The fourth-order valence-corrected chi connectivity index (χ4v) is 3.15. The number of hydrogen-bond acceptors (Lipinski definition) is 3. The van der Waals surface area contributed by atoms with Crippen LogP contribution in [0, 0.1) is 5.82 Å². The zero-order valence-electron chi connectivity index (χ0n) is 12.3. The highest BCUT2D eigenvalue weighted by atomic mass is 35.5. The Morgan fingerprint density at radius 2 is 1.96 bits per heavy atom. The van der Waals surface area contributed by atoms with Crippen molar-refractivity contribution in [3.05, 3.63) is 64.4 Å². The molecule has 0 spiro atoms. The molecule has 2 aromatic carbocycles. The number of benzene rings is 2. The van der Waals surface area contributed by atoms with Crippen molar-refractivity contribution in [2.45, 2.75) is 5.75 Å². The van der Waals surface area contributed by atoms with Crippen LogP contribution in [0.4, 0.5) is 10.1 Å². The van der Waals surface area contributed by atoms with Gasteiger partial charge in [0.05, 0.1) is 10.6 Å². The summed E-state index contributed by atoms with van der Waals surface area (Å²) in [4.78, 5) is 22.7. The van der Waals surface area contributed by atoms with Crippen molar-refractivity contribution in [1.82, 2.24) is 0 Å². The summed E-state index contributed by atoms with van der Waals surface area (Å²) in [6.07, 6.45) is 0. The van der Waals surface area contributed by atoms with Crippen LogP contribution in [0.15, 0.2) is 42.5 Å². The lowest BCUT2D eigenvalue weighted by Crippen LogP contribution is -2.20. The van der Waals surface area contributed by atoms with Crippen LogP contribution in [0.5, 0.6) is 0 Å². The second-order valence-corrected chi connectivity index (χ2v) is 6.78. The van der Waals surface area contributed by atoms with Crippen molar-refractivity contribution >= 4 is 40.0 Å². The van der Waals surface area contributed by atoms with Gasteiger partial charge in [-0.25, -0.2) is 9.18 Å². The number of amides is 1. The standard InChI is InChI=1S/C16H13ClFNO4S/c17-13-7-12(4-5-14(13)18)19-15(20)9-24(23)8-10-2-1-3-11(6-10)16(21)22/h1-7H,8-9H2,(H,19,20)(H,21,22). The molecule has 0 saturated heterocycles. The van der Waals surface area contributed by atoms with Crippen molar-refractivity contribution in [2.24, 2.45) is 0 Å². The van der Waals surface area contributed by atoms with Crippen molar-refractivity contribution in [3.8, 4) is 0 Å². The molecule has 1 unspecified atom stereocenters. The second kappa shape index (κ2) is 8.03. The van der Waals surface area contributed by atoms with Gasteiger partial charge < -0.3 is 10.4 Å². The van der Waals surface area contributed by atoms with E-state index in [1.807, 2.05) is 0 Å². The number of aromatic carboxylic acids is 1. The molecule has 2 aromatic rings. The van der Waals surface area contributed by atoms with E-state index in [1.54, 1.807) is 12.1 Å². The van der Waals surface area contributed by atoms with Crippen molar-refractivity contribution in [3.63, 3.8) is 0 Å². The van der Waals surface area contributed by atoms with Crippen molar-refractivity contribution in [1.29, 1.82) is 0 Å². The first kappa shape index (κ1) is 18.1. The third-order valence-electron chi connectivity index (χ3n) is 3.00. The first-order valence-electron chi connectivity index (χ1n) is 6.77. The minimum atomic E-state index is -1.52. The van der Waals surface area contributed by atoms with Crippen LogP contribution in [0.2, 0.25) is 5.02 Å². The van der Waals surface area contributed by atoms with Crippen molar-refractivity contribution in [2.75, 3.05) is 11.1 Å². The predicted octanol–water partition coefficient (Wildman–Crippen LogP) is 3.06. The third kappa shape index (κ3) is 5.14. The molecule has 5 nitrogen and oxygen atoms in total. The lowest BCUT2D eigenvalue weighted by molar-refractivity contribution is -0.113. The van der Waals surface area contributed by atoms with E-state index < -0.39 is 28.5 Å². The molecule has 0 aliphatic carbocycles. The number of hydrogen-bond donors (Lipinski definition) is 2. The molecule has 0 aliphatic heterocycles. The maximum absolute atomic E-state index is 13.0. The summed E-state index contributed by atoms with van der Waals surface area (Å²) in [6.45, 7) is 0. The van der Waals surface area contributed by atoms with Gasteiger partial charge in [0, 0.05) is 22.2 Å². The molecular formula is C16H13ClFNO4S. The van der Waals surface area contributed by atoms with E-state index in [2.05, 4.69) is 5.32 Å². The van der Waals surface area contributed by atoms with Crippen LogP contribution in [0.1, 0.15) is 15.9 Å². The summed E-state index contributed by atoms with van der Waals surface area (Å²) in [7, 11) is -1.52. The second-order valence-electron chi connectivity index (χ2n) is 4.91. The van der Waals surface area contributed by atoms with E-state index in [0.717, 1.165) is 6.07 Å². The molecule has 8 heteroatoms. The molecule has 0 heterocycles. The molecule has 2 N–H and O–H groups in total. The maximum Gasteiger partial charge on any atom is 0.335 e. The Labute approximate surface area is 144 Å². The van der Waals surface area contributed by atoms with Gasteiger partial charge in [0.2, 0.25) is 5.91 Å². The van der Waals surface area contributed by atoms with E-state index in [4.69, 9.17) is 16.7 Å². The van der Waals surface area contributed by atoms with Gasteiger partial charge in [0.15, 0.2) is 0 Å². The van der Waals surface area contributed by atoms with Gasteiger partial charge in [0.1, 0.15) is 11.6 Å². The molecule has 24 heavy (non-hydrogen) atoms. The highest BCUT2D eigenvalue weighted by Gasteiger charge is 2.11. The maximum atomic E-state index is 13.0. The van der Waals surface area contributed by atoms with Crippen LogP contribution < -0.4 is 5.32 Å². The molecule has 0 bridgehead atoms. The summed E-state index contributed by atoms with van der Waals surface area (Å²) in [5.74, 6) is -2.40. The summed E-state index contributed by atoms with van der Waals surface area (Å²) < 4.78 is 25.1. The van der Waals surface area contributed by atoms with Crippen LogP contribution in [0.25, 0.3) is 0 Å². The average molecular weight is 370 g/mol. The largest absolute Gasteiger partial charge is 0.478 e. The zero-order valence-corrected chi connectivity index (χ0v) is 13.9. The van der Waals surface area contributed by atoms with Crippen LogP contribution in [-0.4, -0.2) is 26.9 Å². The van der Waals surface area contributed by atoms with Gasteiger partial charge >= 0.3 is 5.97 Å². The number of carboxylic acid groups (broad SMARTS) is 1. The lowest BCUT2D eigenvalue weighted by atomic mass is 10.1. The minimum absolute atomic E-state index is 0.0543. The van der Waals surface area contributed by atoms with E-state index in [1.165, 1.54) is 24.3 Å². The number of carbonyl (C=O) groups excluding carboxylic acids is 1. The molecule has 2 rings (SSSR count). The van der Waals surface area contributed by atoms with Gasteiger partial charge in [-0.05, 0) is 35.9 Å². The Kier molecular flexibility index (Phi) is 6.05. The van der Waals surface area contributed by atoms with Gasteiger partial charge in [-0.1, -0.05) is 23.7 Å². The molecule has 1 atom stereocenters. The average Bonchev–Trinajstić information content (AvgIpc) is 2.51. The third-order valence-corrected chi connectivity index (χ3v) is 4.53. The van der Waals surface area contributed by atoms with E-state index in [9.17, 15) is 18.2 Å². The van der Waals surface area contributed by atoms with Crippen LogP contribution in [-0.2, 0) is 21.3 Å². The van der Waals surface area contributed by atoms with E-state index in [-0.39, 0.29) is 22.1 Å². The number of halogens is 2. The quantitative estimate of drug-likeness (QED) is 0.819. The molecular weight excluding hydrogens is 357 g/mol. The number of carboxylic acids is 1. The van der Waals surface area contributed by atoms with Gasteiger partial charge in [-0.15, -0.1) is 0 Å². The number of nitrogens with one attached hydrogen (secondary N) is 1.